The molecule has 1 amide bonds. The van der Waals surface area contributed by atoms with Crippen molar-refractivity contribution in [2.75, 3.05) is 19.6 Å². The van der Waals surface area contributed by atoms with Crippen molar-refractivity contribution in [3.05, 3.63) is 30.2 Å². The molecule has 1 aliphatic carbocycles. The van der Waals surface area contributed by atoms with E-state index in [0.29, 0.717) is 31.0 Å². The SMILES string of the molecule is CC1(C)CN(C(=O)c2ccc(-c3cnn(CC4(C#N)CC4)c3)nn2)CCN1. The number of nitrogens with one attached hydrogen (secondary N) is 1. The highest BCUT2D eigenvalue weighted by Crippen LogP contribution is 2.46. The van der Waals surface area contributed by atoms with Crippen molar-refractivity contribution in [2.45, 2.75) is 38.8 Å². The highest BCUT2D eigenvalue weighted by atomic mass is 16.2. The van der Waals surface area contributed by atoms with Gasteiger partial charge in [-0.25, -0.2) is 0 Å². The molecule has 0 atom stereocenters. The van der Waals surface area contributed by atoms with E-state index in [1.54, 1.807) is 23.0 Å². The van der Waals surface area contributed by atoms with Crippen molar-refractivity contribution < 1.29 is 4.79 Å². The van der Waals surface area contributed by atoms with Crippen LogP contribution in [-0.4, -0.2) is 56.0 Å². The third-order valence-corrected chi connectivity index (χ3v) is 5.23. The first-order valence-electron chi connectivity index (χ1n) is 9.22. The summed E-state index contributed by atoms with van der Waals surface area (Å²) in [5.41, 5.74) is 1.50. The van der Waals surface area contributed by atoms with Crippen LogP contribution in [0, 0.1) is 16.7 Å². The normalized spacial score (nSPS) is 20.1. The predicted octanol–water partition coefficient (Wildman–Crippen LogP) is 1.47. The first kappa shape index (κ1) is 17.6. The molecule has 0 spiro atoms. The van der Waals surface area contributed by atoms with Gasteiger partial charge in [0.1, 0.15) is 0 Å². The number of hydrogen-bond acceptors (Lipinski definition) is 6. The van der Waals surface area contributed by atoms with Gasteiger partial charge in [0, 0.05) is 36.9 Å². The van der Waals surface area contributed by atoms with Crippen molar-refractivity contribution in [3.8, 4) is 17.3 Å². The van der Waals surface area contributed by atoms with Crippen LogP contribution < -0.4 is 5.32 Å². The van der Waals surface area contributed by atoms with E-state index >= 15 is 0 Å². The Labute approximate surface area is 158 Å². The largest absolute Gasteiger partial charge is 0.334 e. The molecule has 0 aromatic carbocycles. The van der Waals surface area contributed by atoms with Gasteiger partial charge in [-0.15, -0.1) is 10.2 Å². The maximum atomic E-state index is 12.7. The van der Waals surface area contributed by atoms with E-state index in [0.717, 1.165) is 24.9 Å². The van der Waals surface area contributed by atoms with Crippen molar-refractivity contribution in [3.63, 3.8) is 0 Å². The van der Waals surface area contributed by atoms with Crippen molar-refractivity contribution in [1.29, 1.82) is 5.26 Å². The lowest BCUT2D eigenvalue weighted by atomic mass is 10.0. The number of amides is 1. The van der Waals surface area contributed by atoms with Crippen LogP contribution in [0.3, 0.4) is 0 Å². The molecule has 8 nitrogen and oxygen atoms in total. The molecule has 1 N–H and O–H groups in total. The molecule has 8 heteroatoms. The second kappa shape index (κ2) is 6.43. The molecule has 2 aromatic rings. The van der Waals surface area contributed by atoms with E-state index < -0.39 is 0 Å². The summed E-state index contributed by atoms with van der Waals surface area (Å²) in [5, 5.41) is 25.3. The first-order chi connectivity index (χ1) is 12.9. The number of hydrogen-bond donors (Lipinski definition) is 1. The zero-order chi connectivity index (χ0) is 19.1. The molecule has 1 saturated carbocycles. The number of aromatic nitrogens is 4. The van der Waals surface area contributed by atoms with Gasteiger partial charge in [-0.1, -0.05) is 0 Å². The van der Waals surface area contributed by atoms with E-state index in [1.165, 1.54) is 0 Å². The van der Waals surface area contributed by atoms with Crippen LogP contribution in [0.15, 0.2) is 24.5 Å². The van der Waals surface area contributed by atoms with Gasteiger partial charge in [0.2, 0.25) is 0 Å². The predicted molar refractivity (Wildman–Crippen MR) is 98.5 cm³/mol. The topological polar surface area (TPSA) is 99.7 Å². The Kier molecular flexibility index (Phi) is 4.19. The summed E-state index contributed by atoms with van der Waals surface area (Å²) in [7, 11) is 0. The molecule has 2 fully saturated rings. The number of rotatable bonds is 4. The average molecular weight is 365 g/mol. The Morgan fingerprint density at radius 3 is 2.78 bits per heavy atom. The zero-order valence-electron chi connectivity index (χ0n) is 15.6. The summed E-state index contributed by atoms with van der Waals surface area (Å²) in [6.45, 7) is 6.84. The molecule has 0 bridgehead atoms. The summed E-state index contributed by atoms with van der Waals surface area (Å²) in [6, 6.07) is 5.89. The number of nitriles is 1. The Hall–Kier alpha value is -2.79. The summed E-state index contributed by atoms with van der Waals surface area (Å²) in [5.74, 6) is -0.0935. The van der Waals surface area contributed by atoms with Gasteiger partial charge in [0.25, 0.3) is 5.91 Å². The second-order valence-corrected chi connectivity index (χ2v) is 8.16. The molecule has 3 heterocycles. The fraction of sp³-hybridized carbons (Fsp3) is 0.526. The first-order valence-corrected chi connectivity index (χ1v) is 9.22. The lowest BCUT2D eigenvalue weighted by molar-refractivity contribution is 0.0645. The van der Waals surface area contributed by atoms with Crippen LogP contribution in [-0.2, 0) is 6.54 Å². The van der Waals surface area contributed by atoms with Crippen LogP contribution in [0.25, 0.3) is 11.3 Å². The maximum absolute atomic E-state index is 12.7. The number of carbonyl (C=O) groups excluding carboxylic acids is 1. The van der Waals surface area contributed by atoms with Crippen molar-refractivity contribution >= 4 is 5.91 Å². The van der Waals surface area contributed by atoms with Crippen molar-refractivity contribution in [2.24, 2.45) is 5.41 Å². The number of piperazine rings is 1. The van der Waals surface area contributed by atoms with Gasteiger partial charge in [0.05, 0.1) is 29.9 Å². The van der Waals surface area contributed by atoms with Gasteiger partial charge in [0.15, 0.2) is 5.69 Å². The standard InChI is InChI=1S/C19H23N7O/c1-18(2)12-25(8-7-21-18)17(27)16-4-3-15(23-24-16)14-9-22-26(10-14)13-19(11-20)5-6-19/h3-4,9-10,21H,5-8,12-13H2,1-2H3. The van der Waals surface area contributed by atoms with Gasteiger partial charge in [-0.2, -0.15) is 10.4 Å². The minimum atomic E-state index is -0.248. The Morgan fingerprint density at radius 1 is 1.33 bits per heavy atom. The number of carbonyl (C=O) groups is 1. The lowest BCUT2D eigenvalue weighted by Crippen LogP contribution is -2.58. The highest BCUT2D eigenvalue weighted by molar-refractivity contribution is 5.92. The van der Waals surface area contributed by atoms with Gasteiger partial charge in [-0.3, -0.25) is 9.48 Å². The second-order valence-electron chi connectivity index (χ2n) is 8.16. The van der Waals surface area contributed by atoms with E-state index in [2.05, 4.69) is 40.5 Å². The molecule has 0 radical (unpaired) electrons. The Balaban J connectivity index is 1.45. The zero-order valence-corrected chi connectivity index (χ0v) is 15.6. The van der Waals surface area contributed by atoms with Crippen LogP contribution in [0.1, 0.15) is 37.2 Å². The average Bonchev–Trinajstić information content (AvgIpc) is 3.28. The summed E-state index contributed by atoms with van der Waals surface area (Å²) in [4.78, 5) is 14.5. The van der Waals surface area contributed by atoms with Gasteiger partial charge in [-0.05, 0) is 38.8 Å². The van der Waals surface area contributed by atoms with Gasteiger partial charge >= 0.3 is 0 Å². The monoisotopic (exact) mass is 365 g/mol. The minimum Gasteiger partial charge on any atom is -0.334 e. The molecule has 27 heavy (non-hydrogen) atoms. The van der Waals surface area contributed by atoms with Gasteiger partial charge < -0.3 is 10.2 Å². The molecular formula is C19H23N7O. The Morgan fingerprint density at radius 2 is 2.15 bits per heavy atom. The van der Waals surface area contributed by atoms with E-state index in [-0.39, 0.29) is 16.9 Å². The molecule has 2 aromatic heterocycles. The molecular weight excluding hydrogens is 342 g/mol. The maximum Gasteiger partial charge on any atom is 0.274 e. The summed E-state index contributed by atoms with van der Waals surface area (Å²) in [6.07, 6.45) is 5.45. The van der Waals surface area contributed by atoms with Crippen LogP contribution >= 0.6 is 0 Å². The third kappa shape index (κ3) is 3.69. The fourth-order valence-corrected chi connectivity index (χ4v) is 3.43. The summed E-state index contributed by atoms with van der Waals surface area (Å²) < 4.78 is 1.79. The smallest absolute Gasteiger partial charge is 0.274 e. The molecule has 1 saturated heterocycles. The van der Waals surface area contributed by atoms with E-state index in [9.17, 15) is 10.1 Å². The number of nitrogens with zero attached hydrogens (tertiary/aromatic N) is 6. The quantitative estimate of drug-likeness (QED) is 0.881. The minimum absolute atomic E-state index is 0.0935. The fourth-order valence-electron chi connectivity index (χ4n) is 3.43. The van der Waals surface area contributed by atoms with Crippen LogP contribution in [0.2, 0.25) is 0 Å². The Bertz CT molecular complexity index is 890. The highest BCUT2D eigenvalue weighted by Gasteiger charge is 2.43. The van der Waals surface area contributed by atoms with E-state index in [1.807, 2.05) is 11.1 Å². The molecule has 0 unspecified atom stereocenters. The van der Waals surface area contributed by atoms with Crippen LogP contribution in [0.4, 0.5) is 0 Å². The lowest BCUT2D eigenvalue weighted by Gasteiger charge is -2.38. The summed E-state index contributed by atoms with van der Waals surface area (Å²) >= 11 is 0. The van der Waals surface area contributed by atoms with E-state index in [4.69, 9.17) is 0 Å². The van der Waals surface area contributed by atoms with Crippen LogP contribution in [0.5, 0.6) is 0 Å². The molecule has 140 valence electrons. The third-order valence-electron chi connectivity index (χ3n) is 5.23. The molecule has 1 aliphatic heterocycles. The van der Waals surface area contributed by atoms with Crippen molar-refractivity contribution in [1.82, 2.24) is 30.2 Å². The molecule has 2 aliphatic rings. The molecule has 4 rings (SSSR count).